The Labute approximate surface area is 123 Å². The van der Waals surface area contributed by atoms with Crippen LogP contribution in [0.25, 0.3) is 0 Å². The molecule has 1 saturated carbocycles. The number of para-hydroxylation sites is 1. The van der Waals surface area contributed by atoms with Crippen molar-refractivity contribution in [2.45, 2.75) is 37.5 Å². The van der Waals surface area contributed by atoms with Crippen LogP contribution in [0, 0.1) is 10.1 Å². The minimum absolute atomic E-state index is 0.154. The van der Waals surface area contributed by atoms with E-state index in [0.717, 1.165) is 6.42 Å². The highest BCUT2D eigenvalue weighted by Crippen LogP contribution is 2.37. The van der Waals surface area contributed by atoms with Gasteiger partial charge < -0.3 is 10.6 Å². The third-order valence-electron chi connectivity index (χ3n) is 3.68. The Morgan fingerprint density at radius 3 is 2.80 bits per heavy atom. The SMILES string of the molecule is CCNc1cccc(NC2CCCC2SC)c1[N+](=O)[O-]. The second-order valence-corrected chi connectivity index (χ2v) is 6.02. The molecule has 20 heavy (non-hydrogen) atoms. The first-order valence-corrected chi connectivity index (χ1v) is 8.26. The molecule has 0 radical (unpaired) electrons. The Bertz CT molecular complexity index is 481. The first kappa shape index (κ1) is 15.0. The quantitative estimate of drug-likeness (QED) is 0.618. The van der Waals surface area contributed by atoms with Gasteiger partial charge in [0.2, 0.25) is 0 Å². The molecular formula is C14H21N3O2S. The van der Waals surface area contributed by atoms with E-state index >= 15 is 0 Å². The number of hydrogen-bond acceptors (Lipinski definition) is 5. The lowest BCUT2D eigenvalue weighted by Gasteiger charge is -2.21. The van der Waals surface area contributed by atoms with Gasteiger partial charge in [0.1, 0.15) is 11.4 Å². The molecule has 0 aromatic heterocycles. The number of nitro benzene ring substituents is 1. The Morgan fingerprint density at radius 2 is 2.15 bits per heavy atom. The number of rotatable bonds is 6. The van der Waals surface area contributed by atoms with Crippen LogP contribution in [-0.2, 0) is 0 Å². The van der Waals surface area contributed by atoms with Crippen molar-refractivity contribution >= 4 is 28.8 Å². The van der Waals surface area contributed by atoms with Crippen molar-refractivity contribution in [2.24, 2.45) is 0 Å². The number of anilines is 2. The van der Waals surface area contributed by atoms with E-state index in [1.165, 1.54) is 12.8 Å². The van der Waals surface area contributed by atoms with Crippen molar-refractivity contribution in [3.63, 3.8) is 0 Å². The maximum Gasteiger partial charge on any atom is 0.315 e. The standard InChI is InChI=1S/C14H21N3O2S/c1-3-15-11-7-4-8-12(14(11)17(18)19)16-10-6-5-9-13(10)20-2/h4,7-8,10,13,15-16H,3,5-6,9H2,1-2H3. The van der Waals surface area contributed by atoms with Gasteiger partial charge in [0.25, 0.3) is 0 Å². The summed E-state index contributed by atoms with van der Waals surface area (Å²) < 4.78 is 0. The summed E-state index contributed by atoms with van der Waals surface area (Å²) in [6, 6.07) is 5.74. The third-order valence-corrected chi connectivity index (χ3v) is 4.85. The topological polar surface area (TPSA) is 67.2 Å². The average Bonchev–Trinajstić information content (AvgIpc) is 2.86. The number of benzene rings is 1. The van der Waals surface area contributed by atoms with E-state index in [9.17, 15) is 10.1 Å². The predicted molar refractivity (Wildman–Crippen MR) is 85.8 cm³/mol. The summed E-state index contributed by atoms with van der Waals surface area (Å²) in [5, 5.41) is 18.4. The minimum atomic E-state index is -0.302. The lowest BCUT2D eigenvalue weighted by molar-refractivity contribution is -0.383. The summed E-state index contributed by atoms with van der Waals surface area (Å²) in [7, 11) is 0. The maximum atomic E-state index is 11.4. The van der Waals surface area contributed by atoms with Crippen molar-refractivity contribution in [3.8, 4) is 0 Å². The number of nitrogens with one attached hydrogen (secondary N) is 2. The van der Waals surface area contributed by atoms with Crippen LogP contribution >= 0.6 is 11.8 Å². The van der Waals surface area contributed by atoms with Crippen LogP contribution in [0.4, 0.5) is 17.1 Å². The first-order valence-electron chi connectivity index (χ1n) is 6.98. The van der Waals surface area contributed by atoms with Gasteiger partial charge in [-0.3, -0.25) is 10.1 Å². The fourth-order valence-corrected chi connectivity index (χ4v) is 3.70. The van der Waals surface area contributed by atoms with E-state index < -0.39 is 0 Å². The second-order valence-electron chi connectivity index (χ2n) is 4.95. The molecule has 6 heteroatoms. The summed E-state index contributed by atoms with van der Waals surface area (Å²) in [6.07, 6.45) is 5.55. The first-order chi connectivity index (χ1) is 9.67. The van der Waals surface area contributed by atoms with Gasteiger partial charge in [-0.05, 0) is 38.2 Å². The fraction of sp³-hybridized carbons (Fsp3) is 0.571. The molecule has 1 fully saturated rings. The Morgan fingerprint density at radius 1 is 1.40 bits per heavy atom. The van der Waals surface area contributed by atoms with Crippen molar-refractivity contribution in [2.75, 3.05) is 23.4 Å². The summed E-state index contributed by atoms with van der Waals surface area (Å²) in [6.45, 7) is 2.60. The van der Waals surface area contributed by atoms with E-state index in [-0.39, 0.29) is 10.6 Å². The van der Waals surface area contributed by atoms with Gasteiger partial charge in [-0.2, -0.15) is 11.8 Å². The van der Waals surface area contributed by atoms with Gasteiger partial charge >= 0.3 is 5.69 Å². The third kappa shape index (κ3) is 3.17. The van der Waals surface area contributed by atoms with Crippen LogP contribution in [0.2, 0.25) is 0 Å². The van der Waals surface area contributed by atoms with Crippen LogP contribution in [0.3, 0.4) is 0 Å². The van der Waals surface area contributed by atoms with Crippen LogP contribution < -0.4 is 10.6 Å². The molecule has 0 aliphatic heterocycles. The van der Waals surface area contributed by atoms with Crippen LogP contribution in [0.5, 0.6) is 0 Å². The molecule has 5 nitrogen and oxygen atoms in total. The molecule has 0 amide bonds. The highest BCUT2D eigenvalue weighted by atomic mass is 32.2. The van der Waals surface area contributed by atoms with Gasteiger partial charge in [-0.15, -0.1) is 0 Å². The molecule has 1 aromatic rings. The summed E-state index contributed by atoms with van der Waals surface area (Å²) in [5.41, 5.74) is 1.36. The second kappa shape index (κ2) is 6.83. The Kier molecular flexibility index (Phi) is 5.11. The van der Waals surface area contributed by atoms with E-state index in [4.69, 9.17) is 0 Å². The molecule has 0 bridgehead atoms. The van der Waals surface area contributed by atoms with E-state index in [1.807, 2.05) is 24.8 Å². The number of nitro groups is 1. The molecule has 1 aliphatic carbocycles. The smallest absolute Gasteiger partial charge is 0.315 e. The molecule has 0 saturated heterocycles. The van der Waals surface area contributed by atoms with Gasteiger partial charge in [0, 0.05) is 17.8 Å². The lowest BCUT2D eigenvalue weighted by Crippen LogP contribution is -2.26. The summed E-state index contributed by atoms with van der Waals surface area (Å²) >= 11 is 1.84. The predicted octanol–water partition coefficient (Wildman–Crippen LogP) is 3.72. The number of hydrogen-bond donors (Lipinski definition) is 2. The molecule has 2 N–H and O–H groups in total. The molecule has 0 heterocycles. The number of thioether (sulfide) groups is 1. The van der Waals surface area contributed by atoms with Gasteiger partial charge in [0.05, 0.1) is 4.92 Å². The largest absolute Gasteiger partial charge is 0.380 e. The molecule has 2 atom stereocenters. The van der Waals surface area contributed by atoms with Crippen molar-refractivity contribution < 1.29 is 4.92 Å². The monoisotopic (exact) mass is 295 g/mol. The Balaban J connectivity index is 2.26. The van der Waals surface area contributed by atoms with Crippen molar-refractivity contribution in [1.29, 1.82) is 0 Å². The molecule has 2 unspecified atom stereocenters. The molecular weight excluding hydrogens is 274 g/mol. The van der Waals surface area contributed by atoms with Crippen molar-refractivity contribution in [1.82, 2.24) is 0 Å². The Hall–Kier alpha value is -1.43. The molecule has 2 rings (SSSR count). The zero-order valence-corrected chi connectivity index (χ0v) is 12.7. The van der Waals surface area contributed by atoms with Gasteiger partial charge in [-0.25, -0.2) is 0 Å². The number of nitrogens with zero attached hydrogens (tertiary/aromatic N) is 1. The van der Waals surface area contributed by atoms with Crippen LogP contribution in [0.15, 0.2) is 18.2 Å². The molecule has 1 aromatic carbocycles. The van der Waals surface area contributed by atoms with E-state index in [2.05, 4.69) is 16.9 Å². The average molecular weight is 295 g/mol. The van der Waals surface area contributed by atoms with E-state index in [1.54, 1.807) is 12.1 Å². The maximum absolute atomic E-state index is 11.4. The molecule has 110 valence electrons. The summed E-state index contributed by atoms with van der Waals surface area (Å²) in [4.78, 5) is 11.1. The van der Waals surface area contributed by atoms with E-state index in [0.29, 0.717) is 29.2 Å². The molecule has 0 spiro atoms. The van der Waals surface area contributed by atoms with Crippen LogP contribution in [0.1, 0.15) is 26.2 Å². The normalized spacial score (nSPS) is 21.7. The van der Waals surface area contributed by atoms with Gasteiger partial charge in [-0.1, -0.05) is 12.5 Å². The zero-order chi connectivity index (χ0) is 14.5. The highest BCUT2D eigenvalue weighted by molar-refractivity contribution is 7.99. The highest BCUT2D eigenvalue weighted by Gasteiger charge is 2.29. The minimum Gasteiger partial charge on any atom is -0.380 e. The fourth-order valence-electron chi connectivity index (χ4n) is 2.76. The zero-order valence-electron chi connectivity index (χ0n) is 11.9. The summed E-state index contributed by atoms with van der Waals surface area (Å²) in [5.74, 6) is 0. The lowest BCUT2D eigenvalue weighted by atomic mass is 10.2. The molecule has 1 aliphatic rings. The van der Waals surface area contributed by atoms with Gasteiger partial charge in [0.15, 0.2) is 0 Å². The van der Waals surface area contributed by atoms with Crippen LogP contribution in [-0.4, -0.2) is 29.0 Å². The van der Waals surface area contributed by atoms with Crippen molar-refractivity contribution in [3.05, 3.63) is 28.3 Å².